The second-order valence-electron chi connectivity index (χ2n) is 8.86. The molecule has 9 heteroatoms. The van der Waals surface area contributed by atoms with Gasteiger partial charge in [-0.05, 0) is 55.0 Å². The van der Waals surface area contributed by atoms with Gasteiger partial charge in [0.25, 0.3) is 5.91 Å². The molecule has 0 aliphatic carbocycles. The van der Waals surface area contributed by atoms with Crippen LogP contribution in [0.2, 0.25) is 0 Å². The van der Waals surface area contributed by atoms with Gasteiger partial charge in [0.05, 0.1) is 47.8 Å². The van der Waals surface area contributed by atoms with E-state index in [4.69, 9.17) is 14.2 Å². The molecule has 3 aromatic carbocycles. The first-order valence-electron chi connectivity index (χ1n) is 12.8. The van der Waals surface area contributed by atoms with Crippen LogP contribution in [0.5, 0.6) is 11.5 Å². The number of nitrogens with one attached hydrogen (secondary N) is 2. The first kappa shape index (κ1) is 25.8. The number of benzene rings is 3. The van der Waals surface area contributed by atoms with Crippen LogP contribution in [0.1, 0.15) is 18.3 Å². The van der Waals surface area contributed by atoms with E-state index in [0.29, 0.717) is 42.7 Å². The standard InChI is InChI=1S/C30H29N5O4/c1-2-38-28-18-21(17-22(19-31)30-33-23-7-3-4-8-24(23)34-30)11-12-27(28)39-20-29(36)32-25-9-5-6-10-26(25)35-13-15-37-16-14-35/h3-12,17-18H,2,13-16,20H2,1H3,(H,32,36)(H,33,34). The number of hydrogen-bond donors (Lipinski definition) is 2. The van der Waals surface area contributed by atoms with Crippen molar-refractivity contribution in [2.24, 2.45) is 0 Å². The molecule has 0 atom stereocenters. The molecule has 1 aromatic heterocycles. The van der Waals surface area contributed by atoms with Gasteiger partial charge in [-0.1, -0.05) is 30.3 Å². The number of fused-ring (bicyclic) bond motifs is 1. The number of rotatable bonds is 9. The number of aromatic amines is 1. The van der Waals surface area contributed by atoms with Gasteiger partial charge in [0, 0.05) is 13.1 Å². The lowest BCUT2D eigenvalue weighted by atomic mass is 10.1. The number of nitriles is 1. The van der Waals surface area contributed by atoms with E-state index in [1.165, 1.54) is 0 Å². The number of morpholine rings is 1. The molecule has 198 valence electrons. The molecule has 1 saturated heterocycles. The number of anilines is 2. The van der Waals surface area contributed by atoms with Crippen molar-refractivity contribution in [3.05, 3.63) is 78.1 Å². The summed E-state index contributed by atoms with van der Waals surface area (Å²) in [6, 6.07) is 22.9. The lowest BCUT2D eigenvalue weighted by Gasteiger charge is -2.30. The highest BCUT2D eigenvalue weighted by molar-refractivity contribution is 5.95. The molecule has 1 amide bonds. The van der Waals surface area contributed by atoms with Crippen molar-refractivity contribution >= 4 is 40.0 Å². The highest BCUT2D eigenvalue weighted by Gasteiger charge is 2.17. The van der Waals surface area contributed by atoms with Crippen LogP contribution in [0.4, 0.5) is 11.4 Å². The minimum Gasteiger partial charge on any atom is -0.490 e. The number of ether oxygens (including phenoxy) is 3. The lowest BCUT2D eigenvalue weighted by molar-refractivity contribution is -0.118. The van der Waals surface area contributed by atoms with E-state index in [2.05, 4.69) is 26.3 Å². The number of imidazole rings is 1. The summed E-state index contributed by atoms with van der Waals surface area (Å²) in [5.41, 5.74) is 4.47. The molecule has 4 aromatic rings. The Morgan fingerprint density at radius 3 is 2.69 bits per heavy atom. The lowest BCUT2D eigenvalue weighted by Crippen LogP contribution is -2.37. The van der Waals surface area contributed by atoms with Crippen LogP contribution < -0.4 is 19.7 Å². The van der Waals surface area contributed by atoms with E-state index in [-0.39, 0.29) is 12.5 Å². The number of aromatic nitrogens is 2. The summed E-state index contributed by atoms with van der Waals surface area (Å²) in [6.45, 7) is 4.95. The summed E-state index contributed by atoms with van der Waals surface area (Å²) >= 11 is 0. The molecule has 0 unspecified atom stereocenters. The van der Waals surface area contributed by atoms with Crippen LogP contribution >= 0.6 is 0 Å². The number of H-pyrrole nitrogens is 1. The Morgan fingerprint density at radius 2 is 1.90 bits per heavy atom. The number of para-hydroxylation sites is 4. The molecule has 2 heterocycles. The summed E-state index contributed by atoms with van der Waals surface area (Å²) in [5.74, 6) is 1.13. The zero-order valence-electron chi connectivity index (χ0n) is 21.6. The number of carbonyl (C=O) groups is 1. The Bertz CT molecular complexity index is 1500. The third-order valence-corrected chi connectivity index (χ3v) is 6.23. The Labute approximate surface area is 226 Å². The summed E-state index contributed by atoms with van der Waals surface area (Å²) in [6.07, 6.45) is 1.74. The van der Waals surface area contributed by atoms with E-state index in [1.54, 1.807) is 18.2 Å². The maximum absolute atomic E-state index is 12.8. The highest BCUT2D eigenvalue weighted by atomic mass is 16.5. The first-order valence-corrected chi connectivity index (χ1v) is 12.8. The maximum Gasteiger partial charge on any atom is 0.262 e. The zero-order valence-corrected chi connectivity index (χ0v) is 21.6. The molecule has 9 nitrogen and oxygen atoms in total. The van der Waals surface area contributed by atoms with Crippen molar-refractivity contribution in [1.29, 1.82) is 5.26 Å². The van der Waals surface area contributed by atoms with Gasteiger partial charge in [0.15, 0.2) is 18.1 Å². The Kier molecular flexibility index (Phi) is 8.05. The zero-order chi connectivity index (χ0) is 27.0. The largest absolute Gasteiger partial charge is 0.490 e. The molecule has 0 saturated carbocycles. The smallest absolute Gasteiger partial charge is 0.262 e. The molecule has 1 aliphatic rings. The Hall–Kier alpha value is -4.81. The molecular formula is C30H29N5O4. The first-order chi connectivity index (χ1) is 19.1. The van der Waals surface area contributed by atoms with Crippen molar-refractivity contribution in [1.82, 2.24) is 9.97 Å². The Balaban J connectivity index is 1.29. The van der Waals surface area contributed by atoms with Gasteiger partial charge in [0.1, 0.15) is 11.9 Å². The van der Waals surface area contributed by atoms with Gasteiger partial charge < -0.3 is 29.4 Å². The number of carbonyl (C=O) groups excluding carboxylic acids is 1. The van der Waals surface area contributed by atoms with Crippen LogP contribution in [-0.2, 0) is 9.53 Å². The monoisotopic (exact) mass is 523 g/mol. The molecule has 0 bridgehead atoms. The third kappa shape index (κ3) is 6.20. The van der Waals surface area contributed by atoms with Crippen LogP contribution in [0.3, 0.4) is 0 Å². The van der Waals surface area contributed by atoms with Crippen LogP contribution in [-0.4, -0.2) is 55.4 Å². The van der Waals surface area contributed by atoms with E-state index in [1.807, 2.05) is 61.5 Å². The van der Waals surface area contributed by atoms with Crippen LogP contribution in [0, 0.1) is 11.3 Å². The summed E-state index contributed by atoms with van der Waals surface area (Å²) in [4.78, 5) is 22.7. The fraction of sp³-hybridized carbons (Fsp3) is 0.233. The summed E-state index contributed by atoms with van der Waals surface area (Å²) in [7, 11) is 0. The van der Waals surface area contributed by atoms with Gasteiger partial charge in [0.2, 0.25) is 0 Å². The van der Waals surface area contributed by atoms with Crippen molar-refractivity contribution in [2.75, 3.05) is 49.7 Å². The SMILES string of the molecule is CCOc1cc(C=C(C#N)c2nc3ccccc3[nH]2)ccc1OCC(=O)Nc1ccccc1N1CCOCC1. The predicted molar refractivity (Wildman–Crippen MR) is 151 cm³/mol. The van der Waals surface area contributed by atoms with E-state index >= 15 is 0 Å². The molecule has 0 spiro atoms. The summed E-state index contributed by atoms with van der Waals surface area (Å²) < 4.78 is 17.1. The van der Waals surface area contributed by atoms with Crippen molar-refractivity contribution in [3.63, 3.8) is 0 Å². The second kappa shape index (κ2) is 12.2. The highest BCUT2D eigenvalue weighted by Crippen LogP contribution is 2.31. The van der Waals surface area contributed by atoms with Gasteiger partial charge in [-0.25, -0.2) is 4.98 Å². The third-order valence-electron chi connectivity index (χ3n) is 6.23. The fourth-order valence-electron chi connectivity index (χ4n) is 4.39. The minimum atomic E-state index is -0.279. The van der Waals surface area contributed by atoms with E-state index in [9.17, 15) is 10.1 Å². The molecular weight excluding hydrogens is 494 g/mol. The van der Waals surface area contributed by atoms with Crippen molar-refractivity contribution in [3.8, 4) is 17.6 Å². The predicted octanol–water partition coefficient (Wildman–Crippen LogP) is 4.88. The molecule has 0 radical (unpaired) electrons. The molecule has 1 fully saturated rings. The van der Waals surface area contributed by atoms with E-state index in [0.717, 1.165) is 41.1 Å². The van der Waals surface area contributed by atoms with Gasteiger partial charge in [-0.3, -0.25) is 4.79 Å². The van der Waals surface area contributed by atoms with Gasteiger partial charge >= 0.3 is 0 Å². The molecule has 39 heavy (non-hydrogen) atoms. The normalized spacial score (nSPS) is 13.6. The van der Waals surface area contributed by atoms with E-state index < -0.39 is 0 Å². The number of amides is 1. The number of allylic oxidation sites excluding steroid dienone is 1. The second-order valence-corrected chi connectivity index (χ2v) is 8.86. The van der Waals surface area contributed by atoms with Crippen LogP contribution in [0.25, 0.3) is 22.7 Å². The van der Waals surface area contributed by atoms with Gasteiger partial charge in [-0.2, -0.15) is 5.26 Å². The Morgan fingerprint density at radius 1 is 1.10 bits per heavy atom. The fourth-order valence-corrected chi connectivity index (χ4v) is 4.39. The van der Waals surface area contributed by atoms with Crippen LogP contribution in [0.15, 0.2) is 66.7 Å². The minimum absolute atomic E-state index is 0.185. The average Bonchev–Trinajstić information content (AvgIpc) is 3.40. The van der Waals surface area contributed by atoms with Crippen molar-refractivity contribution < 1.29 is 19.0 Å². The van der Waals surface area contributed by atoms with Crippen molar-refractivity contribution in [2.45, 2.75) is 6.92 Å². The number of hydrogen-bond acceptors (Lipinski definition) is 7. The molecule has 2 N–H and O–H groups in total. The molecule has 5 rings (SSSR count). The van der Waals surface area contributed by atoms with Gasteiger partial charge in [-0.15, -0.1) is 0 Å². The summed E-state index contributed by atoms with van der Waals surface area (Å²) in [5, 5.41) is 12.7. The average molecular weight is 524 g/mol. The maximum atomic E-state index is 12.8. The molecule has 1 aliphatic heterocycles. The number of nitrogens with zero attached hydrogens (tertiary/aromatic N) is 3. The topological polar surface area (TPSA) is 112 Å². The quantitative estimate of drug-likeness (QED) is 0.301.